The Kier molecular flexibility index (Phi) is 12.8. The number of hydrogen-bond donors (Lipinski definition) is 0. The van der Waals surface area contributed by atoms with Gasteiger partial charge in [0.15, 0.2) is 0 Å². The normalized spacial score (nSPS) is 14.2. The van der Waals surface area contributed by atoms with Crippen LogP contribution >= 0.6 is 0 Å². The molecule has 0 aliphatic rings. The Bertz CT molecular complexity index is 146. The minimum Gasteiger partial charge on any atom is -0.343 e. The van der Waals surface area contributed by atoms with Crippen molar-refractivity contribution in [2.75, 3.05) is 0 Å². The molecule has 0 aromatic carbocycles. The minimum atomic E-state index is -0.0305. The first kappa shape index (κ1) is 17.2. The van der Waals surface area contributed by atoms with Crippen LogP contribution in [0.2, 0.25) is 6.32 Å². The first-order chi connectivity index (χ1) is 6.15. The number of carbonyl (C=O) groups excluding carboxylic acids is 1. The Hall–Kier alpha value is 0.839. The number of carbonyl (C=O) groups is 1. The molecule has 2 unspecified atom stereocenters. The first-order valence-electron chi connectivity index (χ1n) is 4.96. The molecule has 0 aromatic heterocycles. The van der Waals surface area contributed by atoms with Crippen LogP contribution in [-0.4, -0.2) is 13.6 Å². The first-order valence-corrected chi connectivity index (χ1v) is 4.96. The van der Waals surface area contributed by atoms with Gasteiger partial charge in [-0.2, -0.15) is 12.8 Å². The molecule has 0 bridgehead atoms. The van der Waals surface area contributed by atoms with E-state index >= 15 is 0 Å². The van der Waals surface area contributed by atoms with E-state index in [1.165, 1.54) is 0 Å². The molecule has 0 N–H and O–H groups in total. The van der Waals surface area contributed by atoms with Crippen molar-refractivity contribution in [3.63, 3.8) is 0 Å². The van der Waals surface area contributed by atoms with Crippen molar-refractivity contribution in [1.29, 1.82) is 0 Å². The van der Waals surface area contributed by atoms with Crippen molar-refractivity contribution in [3.05, 3.63) is 13.8 Å². The topological polar surface area (TPSA) is 17.1 Å². The summed E-state index contributed by atoms with van der Waals surface area (Å²) < 4.78 is 0. The van der Waals surface area contributed by atoms with E-state index in [1.54, 1.807) is 0 Å². The van der Waals surface area contributed by atoms with Crippen molar-refractivity contribution in [1.82, 2.24) is 0 Å². The molecule has 0 rings (SSSR count). The molecule has 0 saturated carbocycles. The summed E-state index contributed by atoms with van der Waals surface area (Å²) in [4.78, 5) is 11.5. The summed E-state index contributed by atoms with van der Waals surface area (Å²) in [5.41, 5.74) is 0. The van der Waals surface area contributed by atoms with E-state index in [1.807, 2.05) is 0 Å². The van der Waals surface area contributed by atoms with Gasteiger partial charge in [0.05, 0.1) is 7.85 Å². The fraction of sp³-hybridized carbons (Fsp3) is 0.727. The van der Waals surface area contributed by atoms with Crippen LogP contribution in [0.5, 0.6) is 0 Å². The maximum atomic E-state index is 11.5. The van der Waals surface area contributed by atoms with Crippen LogP contribution in [0.15, 0.2) is 0 Å². The van der Waals surface area contributed by atoms with E-state index in [0.717, 1.165) is 12.8 Å². The van der Waals surface area contributed by atoms with E-state index < -0.39 is 0 Å². The maximum absolute atomic E-state index is 11.5. The average Bonchev–Trinajstić information content (AvgIpc) is 2.16. The van der Waals surface area contributed by atoms with Crippen LogP contribution in [0.3, 0.4) is 0 Å². The average molecular weight is 267 g/mol. The fourth-order valence-corrected chi connectivity index (χ4v) is 1.15. The van der Waals surface area contributed by atoms with Gasteiger partial charge in [0.25, 0.3) is 0 Å². The van der Waals surface area contributed by atoms with Crippen LogP contribution in [0.25, 0.3) is 0 Å². The van der Waals surface area contributed by atoms with Gasteiger partial charge in [-0.25, -0.2) is 0 Å². The SMILES string of the molecule is [B]CC(C[CH2-])C(=O)CCC(C)C[CH2-].[Y]. The second-order valence-electron chi connectivity index (χ2n) is 3.62. The largest absolute Gasteiger partial charge is 0.343 e. The van der Waals surface area contributed by atoms with E-state index in [2.05, 4.69) is 20.8 Å². The second kappa shape index (κ2) is 10.4. The Morgan fingerprint density at radius 2 is 1.93 bits per heavy atom. The molecule has 0 fully saturated rings. The molecule has 1 nitrogen and oxygen atoms in total. The van der Waals surface area contributed by atoms with Crippen LogP contribution in [-0.2, 0) is 37.5 Å². The summed E-state index contributed by atoms with van der Waals surface area (Å²) in [6, 6.07) is 0. The van der Waals surface area contributed by atoms with Gasteiger partial charge in [0.1, 0.15) is 5.78 Å². The zero-order valence-corrected chi connectivity index (χ0v) is 12.0. The van der Waals surface area contributed by atoms with Crippen molar-refractivity contribution >= 4 is 13.6 Å². The number of rotatable bonds is 7. The predicted molar refractivity (Wildman–Crippen MR) is 57.4 cm³/mol. The number of Topliss-reactive ketones (excluding diaryl/α,β-unsaturated/α-hetero) is 1. The molecular formula is C11H19BOY-2. The summed E-state index contributed by atoms with van der Waals surface area (Å²) in [7, 11) is 5.45. The van der Waals surface area contributed by atoms with Gasteiger partial charge < -0.3 is 13.8 Å². The molecule has 0 saturated heterocycles. The summed E-state index contributed by atoms with van der Waals surface area (Å²) in [5, 5.41) is 0. The van der Waals surface area contributed by atoms with E-state index in [9.17, 15) is 4.79 Å². The van der Waals surface area contributed by atoms with Gasteiger partial charge in [-0.1, -0.05) is 19.2 Å². The van der Waals surface area contributed by atoms with Crippen LogP contribution < -0.4 is 0 Å². The molecule has 0 spiro atoms. The molecular weight excluding hydrogens is 248 g/mol. The second-order valence-corrected chi connectivity index (χ2v) is 3.62. The van der Waals surface area contributed by atoms with Gasteiger partial charge in [-0.05, 0) is 12.3 Å². The molecule has 77 valence electrons. The van der Waals surface area contributed by atoms with Crippen molar-refractivity contribution in [2.45, 2.75) is 38.9 Å². The van der Waals surface area contributed by atoms with Gasteiger partial charge in [-0.15, -0.1) is 0 Å². The van der Waals surface area contributed by atoms with E-state index in [0.29, 0.717) is 25.1 Å². The Morgan fingerprint density at radius 3 is 2.29 bits per heavy atom. The smallest absolute Gasteiger partial charge is 0.132 e. The Morgan fingerprint density at radius 1 is 1.36 bits per heavy atom. The Balaban J connectivity index is 0. The van der Waals surface area contributed by atoms with Gasteiger partial charge in [-0.3, -0.25) is 4.79 Å². The monoisotopic (exact) mass is 267 g/mol. The van der Waals surface area contributed by atoms with Crippen LogP contribution in [0.4, 0.5) is 0 Å². The van der Waals surface area contributed by atoms with Crippen molar-refractivity contribution in [2.24, 2.45) is 11.8 Å². The third-order valence-electron chi connectivity index (χ3n) is 2.46. The maximum Gasteiger partial charge on any atom is 0.132 e. The van der Waals surface area contributed by atoms with E-state index in [4.69, 9.17) is 7.85 Å². The summed E-state index contributed by atoms with van der Waals surface area (Å²) in [6.07, 6.45) is 3.51. The quantitative estimate of drug-likeness (QED) is 0.512. The third-order valence-corrected chi connectivity index (χ3v) is 2.46. The van der Waals surface area contributed by atoms with Crippen LogP contribution in [0, 0.1) is 25.7 Å². The molecule has 0 aliphatic heterocycles. The van der Waals surface area contributed by atoms with Crippen LogP contribution in [0.1, 0.15) is 32.6 Å². The molecule has 14 heavy (non-hydrogen) atoms. The molecule has 3 heteroatoms. The summed E-state index contributed by atoms with van der Waals surface area (Å²) >= 11 is 0. The van der Waals surface area contributed by atoms with Crippen molar-refractivity contribution < 1.29 is 37.5 Å². The zero-order valence-electron chi connectivity index (χ0n) is 9.17. The van der Waals surface area contributed by atoms with Gasteiger partial charge in [0, 0.05) is 39.1 Å². The standard InChI is InChI=1S/C11H19BO.Y/c1-4-9(3)6-7-11(13)10(5-2)8-12;/h9-10H,1-2,4-8H2,3H3;/q-2;. The van der Waals surface area contributed by atoms with Gasteiger partial charge in [0.2, 0.25) is 0 Å². The molecule has 0 aromatic rings. The molecule has 0 amide bonds. The number of ketones is 1. The number of hydrogen-bond acceptors (Lipinski definition) is 1. The van der Waals surface area contributed by atoms with Gasteiger partial charge >= 0.3 is 0 Å². The van der Waals surface area contributed by atoms with E-state index in [-0.39, 0.29) is 44.4 Å². The molecule has 3 radical (unpaired) electrons. The van der Waals surface area contributed by atoms with Crippen molar-refractivity contribution in [3.8, 4) is 0 Å². The summed E-state index contributed by atoms with van der Waals surface area (Å²) in [5.74, 6) is 0.766. The third kappa shape index (κ3) is 7.17. The molecule has 0 heterocycles. The zero-order chi connectivity index (χ0) is 10.3. The molecule has 0 aliphatic carbocycles. The summed E-state index contributed by atoms with van der Waals surface area (Å²) in [6.45, 7) is 9.63. The minimum absolute atomic E-state index is 0. The fourth-order valence-electron chi connectivity index (χ4n) is 1.15. The Labute approximate surface area is 115 Å². The molecule has 2 atom stereocenters. The predicted octanol–water partition coefficient (Wildman–Crippen LogP) is 2.62.